The minimum absolute atomic E-state index is 0.0221. The summed E-state index contributed by atoms with van der Waals surface area (Å²) in [6.07, 6.45) is -2.43. The molecule has 3 aromatic rings. The fraction of sp³-hybridized carbons (Fsp3) is 0.554. The number of ether oxygens (including phenoxy) is 1. The molecule has 2 saturated heterocycles. The molecule has 2 aliphatic heterocycles. The smallest absolute Gasteiger partial charge is 0.416 e. The average molecular weight is 1180 g/mol. The number of carbonyl (C=O) groups excluding carboxylic acids is 4. The minimum atomic E-state index is -4.65. The maximum atomic E-state index is 16.2. The molecule has 5 rings (SSSR count). The van der Waals surface area contributed by atoms with E-state index >= 15 is 4.39 Å². The third kappa shape index (κ3) is 20.7. The number of carboxylic acids is 3. The van der Waals surface area contributed by atoms with Crippen LogP contribution in [0.2, 0.25) is 0 Å². The van der Waals surface area contributed by atoms with Gasteiger partial charge in [-0.25, -0.2) is 4.39 Å². The van der Waals surface area contributed by atoms with Crippen LogP contribution in [0, 0.1) is 17.1 Å². The summed E-state index contributed by atoms with van der Waals surface area (Å²) in [5.74, 6) is -5.21. The number of carbonyl (C=O) groups is 7. The number of anilines is 1. The SMILES string of the molecule is CCOc1ccccc1-c1ncc(C2(C(=O)NCCN(C)CCNC(=O)[C@H](N)CCCNC(=O)CN(C)C(=O)CN3CCN(CC(=O)O)CCN(CC(=O)O)CCN(CC(=O)O)CC3)CCN(c3ccc(C(F)(F)F)cc3C#N)CC2)cc1F. The summed E-state index contributed by atoms with van der Waals surface area (Å²) >= 11 is 0. The number of carboxylic acid groups (broad SMARTS) is 3. The molecule has 28 heteroatoms. The van der Waals surface area contributed by atoms with E-state index in [1.165, 1.54) is 30.3 Å². The fourth-order valence-corrected chi connectivity index (χ4v) is 9.97. The van der Waals surface area contributed by atoms with Crippen molar-refractivity contribution < 1.29 is 71.2 Å². The summed E-state index contributed by atoms with van der Waals surface area (Å²) in [6.45, 7) is 4.05. The quantitative estimate of drug-likeness (QED) is 0.0414. The summed E-state index contributed by atoms with van der Waals surface area (Å²) in [6, 6.07) is 12.0. The van der Waals surface area contributed by atoms with Crippen LogP contribution >= 0.6 is 0 Å². The van der Waals surface area contributed by atoms with Crippen LogP contribution in [0.5, 0.6) is 5.75 Å². The summed E-state index contributed by atoms with van der Waals surface area (Å²) in [5, 5.41) is 46.7. The Bertz CT molecular complexity index is 2750. The summed E-state index contributed by atoms with van der Waals surface area (Å²) in [5.41, 5.74) is 4.73. The molecule has 2 fully saturated rings. The van der Waals surface area contributed by atoms with Crippen LogP contribution in [0.4, 0.5) is 23.2 Å². The van der Waals surface area contributed by atoms with Crippen molar-refractivity contribution in [2.75, 3.05) is 156 Å². The van der Waals surface area contributed by atoms with Crippen LogP contribution in [0.15, 0.2) is 54.7 Å². The number of rotatable bonds is 27. The zero-order valence-electron chi connectivity index (χ0n) is 47.7. The zero-order chi connectivity index (χ0) is 61.6. The highest BCUT2D eigenvalue weighted by Gasteiger charge is 2.44. The number of pyridine rings is 1. The molecule has 1 aromatic heterocycles. The lowest BCUT2D eigenvalue weighted by atomic mass is 9.72. The topological polar surface area (TPSA) is 311 Å². The number of nitrogens with two attached hydrogens (primary N) is 1. The number of aromatic nitrogens is 1. The minimum Gasteiger partial charge on any atom is -0.493 e. The van der Waals surface area contributed by atoms with E-state index in [0.717, 1.165) is 12.1 Å². The number of nitrogens with one attached hydrogen (secondary N) is 3. The predicted molar refractivity (Wildman–Crippen MR) is 300 cm³/mol. The van der Waals surface area contributed by atoms with Gasteiger partial charge in [0.05, 0.1) is 67.6 Å². The lowest BCUT2D eigenvalue weighted by molar-refractivity contribution is -0.140. The standard InChI is InChI=1S/C56H77F4N13O11/c1-4-84-46-10-6-5-8-42(46)52-43(57)31-41(33-66-52)55(13-18-73(19-14-55)45-12-11-40(56(58,59)60)30-39(45)32-61)54(83)65-17-21-67(2)20-16-64-53(82)44(62)9-7-15-63-47(74)34-68(3)48(75)35-69-22-24-70(36-49(76)77)26-28-72(38-51(80)81)29-27-71(25-23-69)37-50(78)79/h5-6,8,10-12,30-31,33,44H,4,7,9,13-29,34-38,62H2,1-3H3,(H,63,74)(H,64,82)(H,65,83)(H,76,77)(H,78,79)(H,80,81)/t44-/m1/s1. The van der Waals surface area contributed by atoms with Gasteiger partial charge in [-0.05, 0) is 81.6 Å². The van der Waals surface area contributed by atoms with E-state index in [0.29, 0.717) is 43.0 Å². The van der Waals surface area contributed by atoms with Crippen molar-refractivity contribution in [2.45, 2.75) is 50.2 Å². The van der Waals surface area contributed by atoms with Gasteiger partial charge >= 0.3 is 24.1 Å². The number of likely N-dealkylation sites (N-methyl/N-ethyl adjacent to an activating group) is 2. The van der Waals surface area contributed by atoms with Crippen molar-refractivity contribution in [3.63, 3.8) is 0 Å². The highest BCUT2D eigenvalue weighted by atomic mass is 19.4. The third-order valence-electron chi connectivity index (χ3n) is 14.8. The highest BCUT2D eigenvalue weighted by Crippen LogP contribution is 2.41. The second kappa shape index (κ2) is 32.5. The molecule has 0 spiro atoms. The van der Waals surface area contributed by atoms with Crippen molar-refractivity contribution in [3.05, 3.63) is 77.2 Å². The van der Waals surface area contributed by atoms with Gasteiger partial charge in [-0.2, -0.15) is 18.4 Å². The summed E-state index contributed by atoms with van der Waals surface area (Å²) in [7, 11) is 3.24. The number of alkyl halides is 3. The predicted octanol–water partition coefficient (Wildman–Crippen LogP) is 1.04. The van der Waals surface area contributed by atoms with Crippen molar-refractivity contribution in [1.82, 2.24) is 50.3 Å². The molecule has 8 N–H and O–H groups in total. The molecule has 0 unspecified atom stereocenters. The lowest BCUT2D eigenvalue weighted by Crippen LogP contribution is -2.53. The van der Waals surface area contributed by atoms with Gasteiger partial charge in [0.2, 0.25) is 23.6 Å². The number of para-hydroxylation sites is 1. The second-order valence-electron chi connectivity index (χ2n) is 20.9. The van der Waals surface area contributed by atoms with Crippen LogP contribution in [0.3, 0.4) is 0 Å². The van der Waals surface area contributed by atoms with Gasteiger partial charge in [0.25, 0.3) is 0 Å². The van der Waals surface area contributed by atoms with E-state index in [2.05, 4.69) is 20.9 Å². The Kier molecular flexibility index (Phi) is 26.0. The number of nitriles is 1. The lowest BCUT2D eigenvalue weighted by Gasteiger charge is -2.42. The van der Waals surface area contributed by atoms with Crippen LogP contribution < -0.4 is 31.3 Å². The number of halogens is 4. The number of hydrogen-bond donors (Lipinski definition) is 7. The first-order valence-corrected chi connectivity index (χ1v) is 27.7. The molecule has 4 amide bonds. The van der Waals surface area contributed by atoms with Gasteiger partial charge in [0.15, 0.2) is 0 Å². The molecule has 460 valence electrons. The Labute approximate surface area is 485 Å². The van der Waals surface area contributed by atoms with E-state index in [-0.39, 0.29) is 154 Å². The first kappa shape index (κ1) is 67.2. The van der Waals surface area contributed by atoms with E-state index in [1.54, 1.807) is 62.7 Å². The number of benzene rings is 2. The Hall–Kier alpha value is -7.55. The number of aliphatic carboxylic acids is 3. The van der Waals surface area contributed by atoms with Gasteiger partial charge in [-0.15, -0.1) is 0 Å². The van der Waals surface area contributed by atoms with Crippen LogP contribution in [-0.2, 0) is 45.2 Å². The second-order valence-corrected chi connectivity index (χ2v) is 20.9. The molecule has 0 bridgehead atoms. The summed E-state index contributed by atoms with van der Waals surface area (Å²) in [4.78, 5) is 104. The highest BCUT2D eigenvalue weighted by molar-refractivity contribution is 5.89. The van der Waals surface area contributed by atoms with Crippen molar-refractivity contribution >= 4 is 47.2 Å². The van der Waals surface area contributed by atoms with Crippen molar-refractivity contribution in [1.29, 1.82) is 5.26 Å². The molecule has 3 heterocycles. The van der Waals surface area contributed by atoms with Gasteiger partial charge in [-0.3, -0.25) is 58.1 Å². The summed E-state index contributed by atoms with van der Waals surface area (Å²) < 4.78 is 62.4. The molecule has 1 atom stereocenters. The van der Waals surface area contributed by atoms with Crippen LogP contribution in [0.25, 0.3) is 11.3 Å². The average Bonchev–Trinajstić information content (AvgIpc) is 2.76. The monoisotopic (exact) mass is 1180 g/mol. The third-order valence-corrected chi connectivity index (χ3v) is 14.8. The molecular formula is C56H77F4N13O11. The molecule has 0 radical (unpaired) electrons. The van der Waals surface area contributed by atoms with Crippen molar-refractivity contribution in [3.8, 4) is 23.1 Å². The van der Waals surface area contributed by atoms with E-state index in [1.807, 2.05) is 11.0 Å². The van der Waals surface area contributed by atoms with Gasteiger partial charge < -0.3 is 56.4 Å². The number of piperidine rings is 1. The molecule has 24 nitrogen and oxygen atoms in total. The van der Waals surface area contributed by atoms with Gasteiger partial charge in [0, 0.05) is 117 Å². The number of amides is 4. The Balaban J connectivity index is 1.07. The Morgan fingerprint density at radius 3 is 1.85 bits per heavy atom. The maximum Gasteiger partial charge on any atom is 0.416 e. The molecule has 0 aliphatic carbocycles. The first-order chi connectivity index (χ1) is 39.9. The molecule has 84 heavy (non-hydrogen) atoms. The van der Waals surface area contributed by atoms with Crippen LogP contribution in [-0.4, -0.2) is 249 Å². The van der Waals surface area contributed by atoms with E-state index in [9.17, 15) is 67.3 Å². The van der Waals surface area contributed by atoms with Gasteiger partial charge in [-0.1, -0.05) is 12.1 Å². The number of nitrogens with zero attached hydrogens (tertiary/aromatic N) is 9. The normalized spacial score (nSPS) is 16.3. The first-order valence-electron chi connectivity index (χ1n) is 27.7. The van der Waals surface area contributed by atoms with Crippen molar-refractivity contribution in [2.24, 2.45) is 5.73 Å². The molecule has 0 saturated carbocycles. The van der Waals surface area contributed by atoms with E-state index < -0.39 is 70.6 Å². The van der Waals surface area contributed by atoms with Gasteiger partial charge in [0.1, 0.15) is 23.3 Å². The molecular weight excluding hydrogens is 1110 g/mol. The number of hydrogen-bond acceptors (Lipinski definition) is 17. The van der Waals surface area contributed by atoms with E-state index in [4.69, 9.17) is 10.5 Å². The molecule has 2 aliphatic rings. The van der Waals surface area contributed by atoms with Crippen LogP contribution in [0.1, 0.15) is 49.3 Å². The zero-order valence-corrected chi connectivity index (χ0v) is 47.7. The fourth-order valence-electron chi connectivity index (χ4n) is 9.97. The molecule has 2 aromatic carbocycles. The Morgan fingerprint density at radius 1 is 0.774 bits per heavy atom. The maximum absolute atomic E-state index is 16.2. The largest absolute Gasteiger partial charge is 0.493 e. The Morgan fingerprint density at radius 2 is 1.32 bits per heavy atom.